The van der Waals surface area contributed by atoms with Gasteiger partial charge in [0, 0.05) is 6.08 Å². The fourth-order valence-corrected chi connectivity index (χ4v) is 2.00. The number of aliphatic hydroxyl groups excluding tert-OH is 1. The van der Waals surface area contributed by atoms with Gasteiger partial charge in [0.15, 0.2) is 6.23 Å². The molecule has 0 saturated heterocycles. The molecule has 90 valence electrons. The van der Waals surface area contributed by atoms with Gasteiger partial charge in [0.25, 0.3) is 0 Å². The van der Waals surface area contributed by atoms with Crippen LogP contribution in [-0.4, -0.2) is 34.1 Å². The predicted octanol–water partition coefficient (Wildman–Crippen LogP) is -0.579. The summed E-state index contributed by atoms with van der Waals surface area (Å²) in [7, 11) is 0. The van der Waals surface area contributed by atoms with E-state index in [4.69, 9.17) is 0 Å². The Morgan fingerprint density at radius 3 is 2.69 bits per heavy atom. The van der Waals surface area contributed by atoms with Crippen LogP contribution in [0.3, 0.4) is 0 Å². The summed E-state index contributed by atoms with van der Waals surface area (Å²) in [6.45, 7) is 3.77. The zero-order chi connectivity index (χ0) is 12.3. The Morgan fingerprint density at radius 2 is 2.25 bits per heavy atom. The highest BCUT2D eigenvalue weighted by Gasteiger charge is 2.38. The van der Waals surface area contributed by atoms with Crippen LogP contribution in [0.1, 0.15) is 33.1 Å². The van der Waals surface area contributed by atoms with Crippen molar-refractivity contribution in [2.24, 2.45) is 0 Å². The average molecular weight is 227 g/mol. The van der Waals surface area contributed by atoms with Crippen LogP contribution in [-0.2, 0) is 9.59 Å². The van der Waals surface area contributed by atoms with Crippen molar-refractivity contribution in [2.75, 3.05) is 0 Å². The summed E-state index contributed by atoms with van der Waals surface area (Å²) in [6.07, 6.45) is 2.48. The highest BCUT2D eigenvalue weighted by atomic mass is 16.3. The number of hydrogen-bond acceptors (Lipinski definition) is 3. The first-order valence-corrected chi connectivity index (χ1v) is 5.59. The number of aliphatic hydroxyl groups is 1. The predicted molar refractivity (Wildman–Crippen MR) is 57.8 cm³/mol. The minimum atomic E-state index is -0.955. The van der Waals surface area contributed by atoms with E-state index in [9.17, 15) is 14.7 Å². The van der Waals surface area contributed by atoms with Gasteiger partial charge in [0.1, 0.15) is 6.04 Å². The molecule has 5 heteroatoms. The Kier molecular flexibility index (Phi) is 4.20. The maximum absolute atomic E-state index is 11.7. The Hall–Kier alpha value is -1.20. The number of carbonyl (C=O) groups is 2. The molecule has 2 atom stereocenters. The summed E-state index contributed by atoms with van der Waals surface area (Å²) in [6, 6.07) is -0.617. The van der Waals surface area contributed by atoms with Gasteiger partial charge in [0.2, 0.25) is 5.91 Å². The van der Waals surface area contributed by atoms with Gasteiger partial charge in [-0.1, -0.05) is 20.3 Å². The van der Waals surface area contributed by atoms with Crippen molar-refractivity contribution in [1.29, 1.82) is 0 Å². The summed E-state index contributed by atoms with van der Waals surface area (Å²) in [5.41, 5.74) is 4.01. The Labute approximate surface area is 94.9 Å². The lowest BCUT2D eigenvalue weighted by molar-refractivity contribution is -0.312. The lowest BCUT2D eigenvalue weighted by Crippen LogP contribution is -2.67. The van der Waals surface area contributed by atoms with E-state index in [0.29, 0.717) is 18.4 Å². The molecule has 5 nitrogen and oxygen atoms in total. The topological polar surface area (TPSA) is 85.3 Å². The molecule has 0 aromatic heterocycles. The monoisotopic (exact) mass is 227 g/mol. The van der Waals surface area contributed by atoms with E-state index in [2.05, 4.69) is 5.73 Å². The van der Waals surface area contributed by atoms with Crippen molar-refractivity contribution >= 4 is 11.8 Å². The van der Waals surface area contributed by atoms with Crippen LogP contribution in [0.4, 0.5) is 0 Å². The molecule has 0 fully saturated rings. The number of rotatable bonds is 5. The second kappa shape index (κ2) is 5.23. The molecule has 0 spiro atoms. The van der Waals surface area contributed by atoms with E-state index in [-0.39, 0.29) is 11.8 Å². The first kappa shape index (κ1) is 12.9. The number of hydrogen-bond donors (Lipinski definition) is 2. The number of amides is 2. The van der Waals surface area contributed by atoms with Crippen molar-refractivity contribution in [3.05, 3.63) is 11.6 Å². The third kappa shape index (κ3) is 2.31. The maximum Gasteiger partial charge on any atom is 0.331 e. The van der Waals surface area contributed by atoms with Crippen molar-refractivity contribution in [3.63, 3.8) is 0 Å². The quantitative estimate of drug-likeness (QED) is 0.659. The Balaban J connectivity index is 2.85. The lowest BCUT2D eigenvalue weighted by atomic mass is 10.1. The Morgan fingerprint density at radius 1 is 1.62 bits per heavy atom. The third-order valence-electron chi connectivity index (χ3n) is 2.79. The molecule has 2 unspecified atom stereocenters. The van der Waals surface area contributed by atoms with E-state index < -0.39 is 12.3 Å². The molecular formula is C11H19N2O3+. The molecule has 0 aromatic rings. The van der Waals surface area contributed by atoms with E-state index in [1.165, 1.54) is 11.0 Å². The van der Waals surface area contributed by atoms with Gasteiger partial charge in [-0.15, -0.1) is 0 Å². The molecule has 1 aliphatic heterocycles. The molecule has 0 bridgehead atoms. The summed E-state index contributed by atoms with van der Waals surface area (Å²) >= 11 is 0. The van der Waals surface area contributed by atoms with Gasteiger partial charge in [-0.3, -0.25) is 15.4 Å². The van der Waals surface area contributed by atoms with Crippen molar-refractivity contribution < 1.29 is 20.4 Å². The normalized spacial score (nSPS) is 22.2. The average Bonchev–Trinajstić information content (AvgIpc) is 2.47. The van der Waals surface area contributed by atoms with Crippen LogP contribution < -0.4 is 5.73 Å². The highest BCUT2D eigenvalue weighted by Crippen LogP contribution is 2.24. The molecule has 16 heavy (non-hydrogen) atoms. The fourth-order valence-electron chi connectivity index (χ4n) is 2.00. The molecule has 1 heterocycles. The minimum Gasteiger partial charge on any atom is -0.369 e. The van der Waals surface area contributed by atoms with Gasteiger partial charge >= 0.3 is 5.91 Å². The molecule has 1 aliphatic rings. The van der Waals surface area contributed by atoms with Crippen molar-refractivity contribution in [3.8, 4) is 0 Å². The number of nitrogens with zero attached hydrogens (tertiary/aromatic N) is 1. The van der Waals surface area contributed by atoms with E-state index in [1.807, 2.05) is 6.92 Å². The van der Waals surface area contributed by atoms with Crippen molar-refractivity contribution in [1.82, 2.24) is 4.90 Å². The van der Waals surface area contributed by atoms with E-state index in [0.717, 1.165) is 6.42 Å². The summed E-state index contributed by atoms with van der Waals surface area (Å²) < 4.78 is 0. The molecule has 2 amide bonds. The van der Waals surface area contributed by atoms with Crippen LogP contribution in [0.15, 0.2) is 11.6 Å². The maximum atomic E-state index is 11.7. The largest absolute Gasteiger partial charge is 0.369 e. The van der Waals surface area contributed by atoms with Gasteiger partial charge < -0.3 is 5.11 Å². The second-order valence-electron chi connectivity index (χ2n) is 3.98. The number of carbonyl (C=O) groups excluding carboxylic acids is 2. The smallest absolute Gasteiger partial charge is 0.331 e. The molecule has 0 aliphatic carbocycles. The van der Waals surface area contributed by atoms with Gasteiger partial charge in [0.05, 0.1) is 0 Å². The summed E-state index contributed by atoms with van der Waals surface area (Å²) in [5.74, 6) is -0.624. The first-order chi connectivity index (χ1) is 7.52. The van der Waals surface area contributed by atoms with Crippen LogP contribution in [0, 0.1) is 0 Å². The third-order valence-corrected chi connectivity index (χ3v) is 2.79. The van der Waals surface area contributed by atoms with Gasteiger partial charge in [-0.05, 0) is 18.4 Å². The highest BCUT2D eigenvalue weighted by molar-refractivity contribution is 5.94. The summed E-state index contributed by atoms with van der Waals surface area (Å²) in [4.78, 5) is 24.2. The zero-order valence-electron chi connectivity index (χ0n) is 9.77. The van der Waals surface area contributed by atoms with Crippen LogP contribution in [0.5, 0.6) is 0 Å². The van der Waals surface area contributed by atoms with Crippen LogP contribution in [0.25, 0.3) is 0 Å². The Bertz CT molecular complexity index is 325. The molecule has 0 aromatic carbocycles. The van der Waals surface area contributed by atoms with Gasteiger partial charge in [-0.25, -0.2) is 4.79 Å². The van der Waals surface area contributed by atoms with Crippen molar-refractivity contribution in [2.45, 2.75) is 45.4 Å². The first-order valence-electron chi connectivity index (χ1n) is 5.59. The fraction of sp³-hybridized carbons (Fsp3) is 0.636. The minimum absolute atomic E-state index is 0.292. The lowest BCUT2D eigenvalue weighted by Gasteiger charge is -2.27. The van der Waals surface area contributed by atoms with E-state index in [1.54, 1.807) is 6.92 Å². The SMILES string of the molecule is CCCC1=CC(=O)N(C(CC)C([NH3+])=O)C1O. The molecule has 0 saturated carbocycles. The van der Waals surface area contributed by atoms with Crippen LogP contribution in [0.2, 0.25) is 0 Å². The molecule has 4 N–H and O–H groups in total. The standard InChI is InChI=1S/C11H18N2O3/c1-3-5-7-6-9(14)13(11(7)16)8(4-2)10(12)15/h6,8,11,16H,3-5H2,1-2H3,(H2,12,15)/p+1. The van der Waals surface area contributed by atoms with Crippen LogP contribution >= 0.6 is 0 Å². The van der Waals surface area contributed by atoms with E-state index >= 15 is 0 Å². The zero-order valence-corrected chi connectivity index (χ0v) is 9.77. The molecule has 0 radical (unpaired) electrons. The van der Waals surface area contributed by atoms with Gasteiger partial charge in [-0.2, -0.15) is 0 Å². The number of quaternary nitrogens is 1. The molecular weight excluding hydrogens is 208 g/mol. The second-order valence-corrected chi connectivity index (χ2v) is 3.98. The molecule has 1 rings (SSSR count). The summed E-state index contributed by atoms with van der Waals surface area (Å²) in [5, 5.41) is 9.96.